The maximum absolute atomic E-state index is 8.98. The van der Waals surface area contributed by atoms with E-state index < -0.39 is 0 Å². The van der Waals surface area contributed by atoms with Crippen molar-refractivity contribution in [2.75, 3.05) is 5.32 Å². The SMILES string of the molecule is N#Cc1ccnnc1NC(C1CC1)C1CC1. The molecule has 3 rings (SSSR count). The Morgan fingerprint density at radius 1 is 1.31 bits per heavy atom. The van der Waals surface area contributed by atoms with E-state index in [9.17, 15) is 0 Å². The van der Waals surface area contributed by atoms with Gasteiger partial charge in [-0.25, -0.2) is 0 Å². The van der Waals surface area contributed by atoms with E-state index in [1.54, 1.807) is 12.3 Å². The number of rotatable bonds is 4. The second-order valence-corrected chi connectivity index (χ2v) is 4.75. The van der Waals surface area contributed by atoms with Crippen LogP contribution in [0.4, 0.5) is 5.82 Å². The van der Waals surface area contributed by atoms with Gasteiger partial charge in [0.25, 0.3) is 0 Å². The number of anilines is 1. The van der Waals surface area contributed by atoms with Crippen molar-refractivity contribution in [1.29, 1.82) is 5.26 Å². The lowest BCUT2D eigenvalue weighted by Gasteiger charge is -2.18. The Morgan fingerprint density at radius 3 is 2.56 bits per heavy atom. The first-order valence-electron chi connectivity index (χ1n) is 5.87. The van der Waals surface area contributed by atoms with Gasteiger partial charge in [-0.3, -0.25) is 0 Å². The Bertz CT molecular complexity index is 417. The molecule has 1 aromatic rings. The van der Waals surface area contributed by atoms with Gasteiger partial charge in [0.2, 0.25) is 0 Å². The third-order valence-electron chi connectivity index (χ3n) is 3.40. The number of nitrogens with one attached hydrogen (secondary N) is 1. The molecule has 4 nitrogen and oxygen atoms in total. The van der Waals surface area contributed by atoms with Crippen LogP contribution in [0.15, 0.2) is 12.3 Å². The molecule has 0 atom stereocenters. The first kappa shape index (κ1) is 9.59. The Labute approximate surface area is 94.7 Å². The summed E-state index contributed by atoms with van der Waals surface area (Å²) in [5, 5.41) is 20.3. The Morgan fingerprint density at radius 2 is 2.00 bits per heavy atom. The third kappa shape index (κ3) is 1.85. The molecular weight excluding hydrogens is 200 g/mol. The van der Waals surface area contributed by atoms with Crippen molar-refractivity contribution in [2.24, 2.45) is 11.8 Å². The van der Waals surface area contributed by atoms with Crippen LogP contribution < -0.4 is 5.32 Å². The summed E-state index contributed by atoms with van der Waals surface area (Å²) in [7, 11) is 0. The van der Waals surface area contributed by atoms with E-state index in [0.717, 1.165) is 11.8 Å². The van der Waals surface area contributed by atoms with Gasteiger partial charge in [0.05, 0.1) is 11.8 Å². The molecule has 0 aliphatic heterocycles. The maximum atomic E-state index is 8.98. The maximum Gasteiger partial charge on any atom is 0.166 e. The van der Waals surface area contributed by atoms with Crippen LogP contribution in [0.3, 0.4) is 0 Å². The molecule has 16 heavy (non-hydrogen) atoms. The highest BCUT2D eigenvalue weighted by molar-refractivity contribution is 5.51. The number of aromatic nitrogens is 2. The predicted molar refractivity (Wildman–Crippen MR) is 59.6 cm³/mol. The molecule has 1 heterocycles. The normalized spacial score (nSPS) is 19.5. The monoisotopic (exact) mass is 214 g/mol. The van der Waals surface area contributed by atoms with Gasteiger partial charge in [-0.15, -0.1) is 5.10 Å². The minimum atomic E-state index is 0.517. The summed E-state index contributed by atoms with van der Waals surface area (Å²) in [6, 6.07) is 4.39. The molecule has 0 unspecified atom stereocenters. The van der Waals surface area contributed by atoms with Gasteiger partial charge >= 0.3 is 0 Å². The number of hydrogen-bond acceptors (Lipinski definition) is 4. The van der Waals surface area contributed by atoms with E-state index in [0.29, 0.717) is 17.4 Å². The zero-order chi connectivity index (χ0) is 11.0. The number of nitrogens with zero attached hydrogens (tertiary/aromatic N) is 3. The van der Waals surface area contributed by atoms with E-state index in [1.807, 2.05) is 0 Å². The van der Waals surface area contributed by atoms with Gasteiger partial charge < -0.3 is 5.32 Å². The van der Waals surface area contributed by atoms with Crippen LogP contribution in [0.5, 0.6) is 0 Å². The largest absolute Gasteiger partial charge is 0.364 e. The first-order chi connectivity index (χ1) is 7.88. The first-order valence-corrected chi connectivity index (χ1v) is 5.87. The highest BCUT2D eigenvalue weighted by Crippen LogP contribution is 2.45. The van der Waals surface area contributed by atoms with Crippen LogP contribution in [-0.2, 0) is 0 Å². The van der Waals surface area contributed by atoms with Gasteiger partial charge in [-0.05, 0) is 43.6 Å². The molecule has 0 radical (unpaired) electrons. The second-order valence-electron chi connectivity index (χ2n) is 4.75. The minimum absolute atomic E-state index is 0.517. The van der Waals surface area contributed by atoms with E-state index >= 15 is 0 Å². The molecule has 0 aromatic carbocycles. The predicted octanol–water partition coefficient (Wildman–Crippen LogP) is 1.95. The lowest BCUT2D eigenvalue weighted by atomic mass is 10.1. The number of nitriles is 1. The molecule has 82 valence electrons. The molecule has 0 spiro atoms. The molecule has 2 fully saturated rings. The standard InChI is InChI=1S/C12H14N4/c13-7-10-5-6-14-16-12(10)15-11(8-1-2-8)9-3-4-9/h5-6,8-9,11H,1-4H2,(H,15,16). The highest BCUT2D eigenvalue weighted by Gasteiger charge is 2.41. The van der Waals surface area contributed by atoms with Gasteiger partial charge in [0, 0.05) is 6.04 Å². The van der Waals surface area contributed by atoms with Crippen molar-refractivity contribution in [2.45, 2.75) is 31.7 Å². The lowest BCUT2D eigenvalue weighted by molar-refractivity contribution is 0.564. The summed E-state index contributed by atoms with van der Waals surface area (Å²) in [5.41, 5.74) is 0.598. The van der Waals surface area contributed by atoms with Crippen LogP contribution in [-0.4, -0.2) is 16.2 Å². The van der Waals surface area contributed by atoms with E-state index in [1.165, 1.54) is 25.7 Å². The molecule has 1 aromatic heterocycles. The van der Waals surface area contributed by atoms with Crippen LogP contribution in [0, 0.1) is 23.2 Å². The fraction of sp³-hybridized carbons (Fsp3) is 0.583. The van der Waals surface area contributed by atoms with Crippen molar-refractivity contribution < 1.29 is 0 Å². The van der Waals surface area contributed by atoms with Gasteiger partial charge in [-0.1, -0.05) is 0 Å². The summed E-state index contributed by atoms with van der Waals surface area (Å²) in [4.78, 5) is 0. The van der Waals surface area contributed by atoms with Crippen molar-refractivity contribution >= 4 is 5.82 Å². The molecular formula is C12H14N4. The van der Waals surface area contributed by atoms with Gasteiger partial charge in [-0.2, -0.15) is 10.4 Å². The Balaban J connectivity index is 1.79. The molecule has 0 amide bonds. The molecule has 1 N–H and O–H groups in total. The van der Waals surface area contributed by atoms with Crippen LogP contribution in [0.1, 0.15) is 31.2 Å². The fourth-order valence-corrected chi connectivity index (χ4v) is 2.22. The summed E-state index contributed by atoms with van der Waals surface area (Å²) >= 11 is 0. The number of hydrogen-bond donors (Lipinski definition) is 1. The van der Waals surface area contributed by atoms with Crippen molar-refractivity contribution in [3.05, 3.63) is 17.8 Å². The van der Waals surface area contributed by atoms with E-state index in [2.05, 4.69) is 21.6 Å². The Hall–Kier alpha value is -1.63. The second kappa shape index (κ2) is 3.75. The fourth-order valence-electron chi connectivity index (χ4n) is 2.22. The molecule has 4 heteroatoms. The summed E-state index contributed by atoms with van der Waals surface area (Å²) < 4.78 is 0. The van der Waals surface area contributed by atoms with Gasteiger partial charge in [0.1, 0.15) is 6.07 Å². The van der Waals surface area contributed by atoms with Crippen LogP contribution in [0.25, 0.3) is 0 Å². The van der Waals surface area contributed by atoms with Gasteiger partial charge in [0.15, 0.2) is 5.82 Å². The Kier molecular flexibility index (Phi) is 2.24. The minimum Gasteiger partial charge on any atom is -0.364 e. The molecule has 2 aliphatic carbocycles. The average molecular weight is 214 g/mol. The molecule has 2 aliphatic rings. The smallest absolute Gasteiger partial charge is 0.166 e. The van der Waals surface area contributed by atoms with Crippen LogP contribution in [0.2, 0.25) is 0 Å². The van der Waals surface area contributed by atoms with Crippen molar-refractivity contribution in [3.63, 3.8) is 0 Å². The molecule has 0 saturated heterocycles. The molecule has 0 bridgehead atoms. The van der Waals surface area contributed by atoms with E-state index in [4.69, 9.17) is 5.26 Å². The lowest BCUT2D eigenvalue weighted by Crippen LogP contribution is -2.25. The van der Waals surface area contributed by atoms with Crippen LogP contribution >= 0.6 is 0 Å². The third-order valence-corrected chi connectivity index (χ3v) is 3.40. The zero-order valence-corrected chi connectivity index (χ0v) is 9.06. The van der Waals surface area contributed by atoms with Crippen molar-refractivity contribution in [3.8, 4) is 6.07 Å². The topological polar surface area (TPSA) is 61.6 Å². The van der Waals surface area contributed by atoms with E-state index in [-0.39, 0.29) is 0 Å². The average Bonchev–Trinajstić information content (AvgIpc) is 3.18. The zero-order valence-electron chi connectivity index (χ0n) is 9.06. The summed E-state index contributed by atoms with van der Waals surface area (Å²) in [6.07, 6.45) is 6.83. The molecule has 2 saturated carbocycles. The summed E-state index contributed by atoms with van der Waals surface area (Å²) in [6.45, 7) is 0. The van der Waals surface area contributed by atoms with Crippen molar-refractivity contribution in [1.82, 2.24) is 10.2 Å². The summed E-state index contributed by atoms with van der Waals surface area (Å²) in [5.74, 6) is 2.25. The highest BCUT2D eigenvalue weighted by atomic mass is 15.2. The quantitative estimate of drug-likeness (QED) is 0.832.